The van der Waals surface area contributed by atoms with E-state index in [0.717, 1.165) is 18.4 Å². The number of carbonyl (C=O) groups excluding carboxylic acids is 2. The molecule has 0 bridgehead atoms. The number of cyclic esters (lactones) is 1. The summed E-state index contributed by atoms with van der Waals surface area (Å²) in [6.45, 7) is 0.553. The first kappa shape index (κ1) is 23.4. The lowest BCUT2D eigenvalue weighted by Gasteiger charge is -2.23. The zero-order chi connectivity index (χ0) is 24.9. The Morgan fingerprint density at radius 3 is 3.03 bits per heavy atom. The van der Waals surface area contributed by atoms with Gasteiger partial charge in [-0.15, -0.1) is 0 Å². The largest absolute Gasteiger partial charge is 0.481 e. The Kier molecular flexibility index (Phi) is 6.80. The molecular formula is C25H25N5O6. The monoisotopic (exact) mass is 491 g/mol. The van der Waals surface area contributed by atoms with Crippen molar-refractivity contribution in [1.82, 2.24) is 20.2 Å². The van der Waals surface area contributed by atoms with Crippen molar-refractivity contribution in [2.24, 2.45) is 0 Å². The number of methoxy groups -OCH3 is 1. The molecule has 2 aromatic rings. The molecule has 1 fully saturated rings. The number of allylic oxidation sites excluding steroid dienone is 4. The molecule has 0 unspecified atom stereocenters. The third-order valence-corrected chi connectivity index (χ3v) is 5.73. The van der Waals surface area contributed by atoms with Crippen LogP contribution in [0.3, 0.4) is 0 Å². The van der Waals surface area contributed by atoms with Gasteiger partial charge in [-0.25, -0.2) is 14.7 Å². The lowest BCUT2D eigenvalue weighted by molar-refractivity contribution is -0.115. The number of aromatic nitrogens is 2. The number of amides is 2. The number of carbonyl (C=O) groups is 2. The number of nitrogens with zero attached hydrogens (tertiary/aromatic N) is 3. The normalized spacial score (nSPS) is 19.0. The van der Waals surface area contributed by atoms with Gasteiger partial charge in [-0.2, -0.15) is 0 Å². The van der Waals surface area contributed by atoms with Crippen molar-refractivity contribution in [1.29, 1.82) is 0 Å². The van der Waals surface area contributed by atoms with Gasteiger partial charge in [0.15, 0.2) is 12.0 Å². The third kappa shape index (κ3) is 5.15. The molecule has 2 aliphatic heterocycles. The summed E-state index contributed by atoms with van der Waals surface area (Å²) in [6.07, 6.45) is 11.2. The summed E-state index contributed by atoms with van der Waals surface area (Å²) in [5.74, 6) is 0.984. The van der Waals surface area contributed by atoms with E-state index in [1.165, 1.54) is 24.5 Å². The molecule has 0 saturated carbocycles. The molecule has 0 radical (unpaired) electrons. The average molecular weight is 492 g/mol. The van der Waals surface area contributed by atoms with E-state index in [1.54, 1.807) is 24.4 Å². The topological polar surface area (TPSA) is 124 Å². The van der Waals surface area contributed by atoms with Gasteiger partial charge >= 0.3 is 6.09 Å². The van der Waals surface area contributed by atoms with E-state index in [2.05, 4.69) is 26.7 Å². The summed E-state index contributed by atoms with van der Waals surface area (Å²) in [7, 11) is 1.52. The number of ether oxygens (including phenoxy) is 4. The van der Waals surface area contributed by atoms with Crippen molar-refractivity contribution in [3.63, 3.8) is 0 Å². The first-order chi connectivity index (χ1) is 17.6. The number of fused-ring (bicyclic) bond motifs is 1. The SMILES string of the molecule is COc1ccc2nccc(NC(=O)CNC[C@@H]3CN(C4=COC=C(C5=CC=CCC5)O4)C(=O)O3)c2n1. The van der Waals surface area contributed by atoms with Crippen LogP contribution >= 0.6 is 0 Å². The van der Waals surface area contributed by atoms with Crippen LogP contribution < -0.4 is 15.4 Å². The second-order valence-corrected chi connectivity index (χ2v) is 8.21. The van der Waals surface area contributed by atoms with Gasteiger partial charge in [0.05, 0.1) is 31.4 Å². The van der Waals surface area contributed by atoms with Crippen molar-refractivity contribution in [3.05, 3.63) is 72.4 Å². The van der Waals surface area contributed by atoms with E-state index in [1.807, 2.05) is 12.2 Å². The molecule has 2 N–H and O–H groups in total. The fourth-order valence-corrected chi connectivity index (χ4v) is 3.95. The predicted molar refractivity (Wildman–Crippen MR) is 129 cm³/mol. The van der Waals surface area contributed by atoms with Gasteiger partial charge in [0.25, 0.3) is 0 Å². The van der Waals surface area contributed by atoms with Gasteiger partial charge in [-0.1, -0.05) is 18.2 Å². The molecule has 3 aliphatic rings. The Bertz CT molecular complexity index is 1300. The van der Waals surface area contributed by atoms with Crippen molar-refractivity contribution in [2.75, 3.05) is 32.1 Å². The minimum Gasteiger partial charge on any atom is -0.481 e. The molecule has 36 heavy (non-hydrogen) atoms. The smallest absolute Gasteiger partial charge is 0.417 e. The van der Waals surface area contributed by atoms with Crippen LogP contribution in [0.25, 0.3) is 11.0 Å². The van der Waals surface area contributed by atoms with E-state index in [9.17, 15) is 9.59 Å². The van der Waals surface area contributed by atoms with Crippen LogP contribution in [0.5, 0.6) is 5.88 Å². The molecule has 4 heterocycles. The molecule has 11 heteroatoms. The number of nitrogens with one attached hydrogen (secondary N) is 2. The lowest BCUT2D eigenvalue weighted by atomic mass is 10.0. The highest BCUT2D eigenvalue weighted by Crippen LogP contribution is 2.29. The summed E-state index contributed by atoms with van der Waals surface area (Å²) < 4.78 is 21.9. The molecule has 1 saturated heterocycles. The van der Waals surface area contributed by atoms with Gasteiger partial charge < -0.3 is 29.6 Å². The van der Waals surface area contributed by atoms with Crippen LogP contribution in [-0.2, 0) is 19.0 Å². The van der Waals surface area contributed by atoms with E-state index < -0.39 is 12.2 Å². The Morgan fingerprint density at radius 1 is 1.28 bits per heavy atom. The van der Waals surface area contributed by atoms with Gasteiger partial charge in [0.2, 0.25) is 17.7 Å². The fourth-order valence-electron chi connectivity index (χ4n) is 3.95. The fraction of sp³-hybridized carbons (Fsp3) is 0.280. The molecule has 5 rings (SSSR count). The molecule has 2 amide bonds. The van der Waals surface area contributed by atoms with Crippen molar-refractivity contribution in [3.8, 4) is 5.88 Å². The lowest BCUT2D eigenvalue weighted by Crippen LogP contribution is -2.36. The maximum Gasteiger partial charge on any atom is 0.417 e. The van der Waals surface area contributed by atoms with Crippen LogP contribution in [0.1, 0.15) is 12.8 Å². The molecule has 11 nitrogen and oxygen atoms in total. The standard InChI is InChI=1S/C25H25N5O6/c1-33-22-8-7-18-24(29-22)19(9-10-27-18)28-21(31)12-26-11-17-13-30(25(32)35-17)23-15-34-14-20(36-23)16-5-3-2-4-6-16/h2-3,5,7-10,14-15,17,26H,4,6,11-13H2,1H3,(H,27,28,31)/t17-/m1/s1. The number of rotatable bonds is 8. The zero-order valence-electron chi connectivity index (χ0n) is 19.6. The van der Waals surface area contributed by atoms with Crippen LogP contribution in [0.2, 0.25) is 0 Å². The van der Waals surface area contributed by atoms with Crippen LogP contribution in [0.4, 0.5) is 10.5 Å². The number of hydrogen-bond acceptors (Lipinski definition) is 9. The molecule has 2 aromatic heterocycles. The van der Waals surface area contributed by atoms with E-state index in [0.29, 0.717) is 28.4 Å². The summed E-state index contributed by atoms with van der Waals surface area (Å²) >= 11 is 0. The minimum absolute atomic E-state index is 0.0126. The highest BCUT2D eigenvalue weighted by Gasteiger charge is 2.36. The minimum atomic E-state index is -0.539. The van der Waals surface area contributed by atoms with Gasteiger partial charge in [0.1, 0.15) is 17.9 Å². The first-order valence-corrected chi connectivity index (χ1v) is 11.5. The van der Waals surface area contributed by atoms with Crippen molar-refractivity contribution < 1.29 is 28.5 Å². The molecule has 1 aliphatic carbocycles. The summed E-state index contributed by atoms with van der Waals surface area (Å²) in [5.41, 5.74) is 2.69. The van der Waals surface area contributed by atoms with Gasteiger partial charge in [0, 0.05) is 18.8 Å². The number of hydrogen-bond donors (Lipinski definition) is 2. The van der Waals surface area contributed by atoms with Crippen molar-refractivity contribution >= 4 is 28.7 Å². The zero-order valence-corrected chi connectivity index (χ0v) is 19.6. The summed E-state index contributed by atoms with van der Waals surface area (Å²) in [6, 6.07) is 5.15. The highest BCUT2D eigenvalue weighted by molar-refractivity contribution is 5.99. The Labute approximate surface area is 207 Å². The van der Waals surface area contributed by atoms with E-state index >= 15 is 0 Å². The quantitative estimate of drug-likeness (QED) is 0.573. The Balaban J connectivity index is 1.12. The molecule has 186 valence electrons. The predicted octanol–water partition coefficient (Wildman–Crippen LogP) is 2.95. The third-order valence-electron chi connectivity index (χ3n) is 5.73. The number of anilines is 1. The second kappa shape index (κ2) is 10.5. The summed E-state index contributed by atoms with van der Waals surface area (Å²) in [4.78, 5) is 34.9. The summed E-state index contributed by atoms with van der Waals surface area (Å²) in [5, 5.41) is 5.85. The molecule has 1 atom stereocenters. The Morgan fingerprint density at radius 2 is 2.19 bits per heavy atom. The number of pyridine rings is 2. The molecule has 0 spiro atoms. The maximum absolute atomic E-state index is 12.5. The van der Waals surface area contributed by atoms with Crippen LogP contribution in [0, 0.1) is 0 Å². The average Bonchev–Trinajstić information content (AvgIpc) is 3.29. The second-order valence-electron chi connectivity index (χ2n) is 8.21. The molecular weight excluding hydrogens is 466 g/mol. The van der Waals surface area contributed by atoms with E-state index in [4.69, 9.17) is 18.9 Å². The van der Waals surface area contributed by atoms with Crippen molar-refractivity contribution in [2.45, 2.75) is 18.9 Å². The first-order valence-electron chi connectivity index (χ1n) is 11.5. The van der Waals surface area contributed by atoms with Crippen LogP contribution in [-0.4, -0.2) is 59.7 Å². The molecule has 0 aromatic carbocycles. The van der Waals surface area contributed by atoms with E-state index in [-0.39, 0.29) is 31.4 Å². The Hall–Kier alpha value is -4.38. The highest BCUT2D eigenvalue weighted by atomic mass is 16.6. The van der Waals surface area contributed by atoms with Gasteiger partial charge in [-0.3, -0.25) is 9.78 Å². The van der Waals surface area contributed by atoms with Crippen LogP contribution in [0.15, 0.2) is 72.4 Å². The van der Waals surface area contributed by atoms with Gasteiger partial charge in [-0.05, 0) is 30.5 Å². The maximum atomic E-state index is 12.5.